The van der Waals surface area contributed by atoms with E-state index < -0.39 is 29.4 Å². The first-order valence-electron chi connectivity index (χ1n) is 10.7. The number of nitrogens with zero attached hydrogens (tertiary/aromatic N) is 2. The molecule has 0 saturated heterocycles. The highest BCUT2D eigenvalue weighted by molar-refractivity contribution is 7.22. The fourth-order valence-electron chi connectivity index (χ4n) is 4.88. The van der Waals surface area contributed by atoms with Crippen molar-refractivity contribution in [3.8, 4) is 21.6 Å². The van der Waals surface area contributed by atoms with E-state index in [0.717, 1.165) is 27.9 Å². The molecule has 2 aromatic carbocycles. The molecule has 2 heterocycles. The third kappa shape index (κ3) is 4.04. The highest BCUT2D eigenvalue weighted by Crippen LogP contribution is 2.47. The van der Waals surface area contributed by atoms with E-state index in [-0.39, 0.29) is 5.39 Å². The van der Waals surface area contributed by atoms with Gasteiger partial charge in [-0.25, -0.2) is 4.98 Å². The lowest BCUT2D eigenvalue weighted by Crippen LogP contribution is -2.58. The normalized spacial score (nSPS) is 22.6. The van der Waals surface area contributed by atoms with Crippen LogP contribution < -0.4 is 11.3 Å². The summed E-state index contributed by atoms with van der Waals surface area (Å²) >= 11 is 1.27. The standard InChI is InChI=1S/C25H22F3N3O2S/c1-23(33)11-24(29,12-23)17-9-7-16(8-10-17)20-18(15-5-3-2-4-6-15)19-21(34-20)30-14-31(22(19)32)13-25(26,27)28/h2-10,14,33H,11-13,29H2,1H3. The molecule has 34 heavy (non-hydrogen) atoms. The van der Waals surface area contributed by atoms with Crippen molar-refractivity contribution in [1.82, 2.24) is 9.55 Å². The van der Waals surface area contributed by atoms with Crippen LogP contribution in [-0.4, -0.2) is 26.4 Å². The second-order valence-corrected chi connectivity index (χ2v) is 10.2. The summed E-state index contributed by atoms with van der Waals surface area (Å²) in [5, 5.41) is 10.3. The van der Waals surface area contributed by atoms with Crippen molar-refractivity contribution >= 4 is 21.6 Å². The lowest BCUT2D eigenvalue weighted by Gasteiger charge is -2.49. The summed E-state index contributed by atoms with van der Waals surface area (Å²) < 4.78 is 39.7. The molecule has 1 fully saturated rings. The summed E-state index contributed by atoms with van der Waals surface area (Å²) in [4.78, 5) is 18.4. The highest BCUT2D eigenvalue weighted by Gasteiger charge is 2.49. The van der Waals surface area contributed by atoms with Gasteiger partial charge in [0.05, 0.1) is 17.3 Å². The van der Waals surface area contributed by atoms with E-state index in [0.29, 0.717) is 27.8 Å². The molecule has 0 atom stereocenters. The minimum Gasteiger partial charge on any atom is -0.390 e. The van der Waals surface area contributed by atoms with Gasteiger partial charge in [0.2, 0.25) is 0 Å². The molecule has 0 aliphatic heterocycles. The number of thiophene rings is 1. The number of alkyl halides is 3. The Balaban J connectivity index is 1.66. The average molecular weight is 486 g/mol. The van der Waals surface area contributed by atoms with Crippen molar-refractivity contribution < 1.29 is 18.3 Å². The summed E-state index contributed by atoms with van der Waals surface area (Å²) in [6.07, 6.45) is -2.66. The van der Waals surface area contributed by atoms with Crippen molar-refractivity contribution in [2.75, 3.05) is 0 Å². The van der Waals surface area contributed by atoms with Crippen LogP contribution in [0.25, 0.3) is 31.8 Å². The molecular weight excluding hydrogens is 463 g/mol. The van der Waals surface area contributed by atoms with E-state index in [1.165, 1.54) is 11.3 Å². The maximum Gasteiger partial charge on any atom is 0.406 e. The Morgan fingerprint density at radius 2 is 1.74 bits per heavy atom. The fraction of sp³-hybridized carbons (Fsp3) is 0.280. The van der Waals surface area contributed by atoms with Gasteiger partial charge >= 0.3 is 6.18 Å². The number of hydrogen-bond acceptors (Lipinski definition) is 5. The zero-order valence-corrected chi connectivity index (χ0v) is 19.1. The van der Waals surface area contributed by atoms with Crippen LogP contribution in [0.1, 0.15) is 25.3 Å². The minimum atomic E-state index is -4.54. The Morgan fingerprint density at radius 3 is 2.32 bits per heavy atom. The Hall–Kier alpha value is -3.01. The number of aromatic nitrogens is 2. The molecule has 0 bridgehead atoms. The third-order valence-electron chi connectivity index (χ3n) is 6.21. The second kappa shape index (κ2) is 7.76. The zero-order valence-electron chi connectivity index (χ0n) is 18.3. The van der Waals surface area contributed by atoms with Crippen LogP contribution in [-0.2, 0) is 12.1 Å². The van der Waals surface area contributed by atoms with Crippen LogP contribution in [0.4, 0.5) is 13.2 Å². The molecule has 176 valence electrons. The van der Waals surface area contributed by atoms with Crippen LogP contribution in [0.15, 0.2) is 65.7 Å². The molecule has 0 radical (unpaired) electrons. The van der Waals surface area contributed by atoms with Gasteiger partial charge in [-0.3, -0.25) is 9.36 Å². The van der Waals surface area contributed by atoms with E-state index >= 15 is 0 Å². The van der Waals surface area contributed by atoms with Gasteiger partial charge in [0, 0.05) is 16.0 Å². The molecule has 1 aliphatic rings. The van der Waals surface area contributed by atoms with Gasteiger partial charge in [-0.15, -0.1) is 11.3 Å². The van der Waals surface area contributed by atoms with E-state index in [2.05, 4.69) is 4.98 Å². The van der Waals surface area contributed by atoms with Gasteiger partial charge < -0.3 is 10.8 Å². The number of aliphatic hydroxyl groups is 1. The lowest BCUT2D eigenvalue weighted by molar-refractivity contribution is -0.141. The monoisotopic (exact) mass is 485 g/mol. The van der Waals surface area contributed by atoms with E-state index in [1.807, 2.05) is 54.6 Å². The van der Waals surface area contributed by atoms with Crippen molar-refractivity contribution in [2.24, 2.45) is 5.73 Å². The number of benzene rings is 2. The molecule has 3 N–H and O–H groups in total. The first-order valence-corrected chi connectivity index (χ1v) is 11.5. The molecule has 9 heteroatoms. The van der Waals surface area contributed by atoms with Gasteiger partial charge in [-0.1, -0.05) is 54.6 Å². The van der Waals surface area contributed by atoms with Crippen molar-refractivity contribution in [3.63, 3.8) is 0 Å². The van der Waals surface area contributed by atoms with E-state index in [9.17, 15) is 23.1 Å². The quantitative estimate of drug-likeness (QED) is 0.424. The van der Waals surface area contributed by atoms with Crippen LogP contribution in [0.5, 0.6) is 0 Å². The third-order valence-corrected chi connectivity index (χ3v) is 7.35. The lowest BCUT2D eigenvalue weighted by atomic mass is 9.63. The second-order valence-electron chi connectivity index (χ2n) is 9.23. The Kier molecular flexibility index (Phi) is 5.20. The summed E-state index contributed by atoms with van der Waals surface area (Å²) in [7, 11) is 0. The molecule has 0 amide bonds. The Morgan fingerprint density at radius 1 is 1.09 bits per heavy atom. The summed E-state index contributed by atoms with van der Waals surface area (Å²) in [5.74, 6) is 0. The van der Waals surface area contributed by atoms with Crippen molar-refractivity contribution in [1.29, 1.82) is 0 Å². The van der Waals surface area contributed by atoms with Crippen LogP contribution in [0, 0.1) is 0 Å². The summed E-state index contributed by atoms with van der Waals surface area (Å²) in [5.41, 5.74) is 7.35. The van der Waals surface area contributed by atoms with Crippen molar-refractivity contribution in [3.05, 3.63) is 76.8 Å². The maximum absolute atomic E-state index is 13.1. The van der Waals surface area contributed by atoms with Crippen LogP contribution in [0.3, 0.4) is 0 Å². The van der Waals surface area contributed by atoms with E-state index in [1.54, 1.807) is 6.92 Å². The van der Waals surface area contributed by atoms with Gasteiger partial charge in [-0.2, -0.15) is 13.2 Å². The first-order chi connectivity index (χ1) is 16.0. The molecular formula is C25H22F3N3O2S. The average Bonchev–Trinajstić information content (AvgIpc) is 3.14. The largest absolute Gasteiger partial charge is 0.406 e. The number of hydrogen-bond donors (Lipinski definition) is 2. The van der Waals surface area contributed by atoms with Gasteiger partial charge in [-0.05, 0) is 36.5 Å². The molecule has 0 spiro atoms. The van der Waals surface area contributed by atoms with Gasteiger partial charge in [0.1, 0.15) is 11.4 Å². The van der Waals surface area contributed by atoms with Crippen LogP contribution >= 0.6 is 11.3 Å². The molecule has 5 nitrogen and oxygen atoms in total. The summed E-state index contributed by atoms with van der Waals surface area (Å²) in [6, 6.07) is 16.7. The molecule has 1 saturated carbocycles. The predicted molar refractivity (Wildman–Crippen MR) is 127 cm³/mol. The maximum atomic E-state index is 13.1. The minimum absolute atomic E-state index is 0.173. The predicted octanol–water partition coefficient (Wildman–Crippen LogP) is 5.05. The number of fused-ring (bicyclic) bond motifs is 1. The Bertz CT molecular complexity index is 1420. The number of rotatable bonds is 4. The summed E-state index contributed by atoms with van der Waals surface area (Å²) in [6.45, 7) is 0.361. The first kappa shape index (κ1) is 22.8. The van der Waals surface area contributed by atoms with Crippen LogP contribution in [0.2, 0.25) is 0 Å². The topological polar surface area (TPSA) is 81.1 Å². The fourth-order valence-corrected chi connectivity index (χ4v) is 6.04. The SMILES string of the molecule is CC1(O)CC(N)(c2ccc(-c3sc4ncn(CC(F)(F)F)c(=O)c4c3-c3ccccc3)cc2)C1. The number of nitrogens with two attached hydrogens (primary N) is 1. The molecule has 1 aliphatic carbocycles. The van der Waals surface area contributed by atoms with Gasteiger partial charge in [0.15, 0.2) is 0 Å². The number of halogens is 3. The Labute approximate surface area is 197 Å². The smallest absolute Gasteiger partial charge is 0.390 e. The highest BCUT2D eigenvalue weighted by atomic mass is 32.1. The molecule has 4 aromatic rings. The molecule has 0 unspecified atom stereocenters. The molecule has 5 rings (SSSR count). The van der Waals surface area contributed by atoms with Crippen molar-refractivity contribution in [2.45, 2.75) is 43.6 Å². The zero-order chi connectivity index (χ0) is 24.3. The van der Waals surface area contributed by atoms with E-state index in [4.69, 9.17) is 5.73 Å². The van der Waals surface area contributed by atoms with Gasteiger partial charge in [0.25, 0.3) is 5.56 Å². The molecule has 2 aromatic heterocycles.